The number of carbonyl (C=O) groups is 1. The third-order valence-corrected chi connectivity index (χ3v) is 4.35. The van der Waals surface area contributed by atoms with Crippen LogP contribution in [-0.2, 0) is 0 Å². The molecule has 3 heterocycles. The molecule has 3 aromatic heterocycles. The van der Waals surface area contributed by atoms with Crippen LogP contribution >= 0.6 is 0 Å². The number of ketones is 1. The SMILES string of the molecule is CC(=O)c1ccc(-n2cnc3cc(N)c(F)cc32)nc1-n1nc(C#N)cc1C. The summed E-state index contributed by atoms with van der Waals surface area (Å²) in [6, 6.07) is 9.56. The first-order valence-corrected chi connectivity index (χ1v) is 8.30. The number of rotatable bonds is 3. The van der Waals surface area contributed by atoms with E-state index < -0.39 is 5.82 Å². The van der Waals surface area contributed by atoms with Gasteiger partial charge in [-0.2, -0.15) is 10.4 Å². The predicted octanol–water partition coefficient (Wildman–Crippen LogP) is 2.71. The lowest BCUT2D eigenvalue weighted by atomic mass is 10.2. The molecule has 28 heavy (non-hydrogen) atoms. The van der Waals surface area contributed by atoms with Gasteiger partial charge >= 0.3 is 0 Å². The molecule has 0 amide bonds. The van der Waals surface area contributed by atoms with Crippen molar-refractivity contribution in [3.8, 4) is 17.7 Å². The number of nitrogens with two attached hydrogens (primary N) is 1. The van der Waals surface area contributed by atoms with Gasteiger partial charge in [-0.15, -0.1) is 0 Å². The number of nitriles is 1. The fraction of sp³-hybridized carbons (Fsp3) is 0.105. The van der Waals surface area contributed by atoms with Crippen molar-refractivity contribution >= 4 is 22.5 Å². The van der Waals surface area contributed by atoms with E-state index in [0.717, 1.165) is 0 Å². The molecule has 0 radical (unpaired) electrons. The molecule has 0 unspecified atom stereocenters. The minimum Gasteiger partial charge on any atom is -0.396 e. The Morgan fingerprint density at radius 1 is 1.29 bits per heavy atom. The number of nitrogens with zero attached hydrogens (tertiary/aromatic N) is 6. The summed E-state index contributed by atoms with van der Waals surface area (Å²) in [4.78, 5) is 20.9. The standard InChI is InChI=1S/C19H14FN7O/c1-10-5-12(8-21)25-27(10)19-13(11(2)28)3-4-18(24-19)26-9-23-16-7-15(22)14(20)6-17(16)26/h3-7,9H,22H2,1-2H3. The Morgan fingerprint density at radius 3 is 2.75 bits per heavy atom. The molecule has 0 saturated heterocycles. The molecule has 0 aliphatic heterocycles. The first kappa shape index (κ1) is 17.4. The maximum absolute atomic E-state index is 14.0. The topological polar surface area (TPSA) is 115 Å². The van der Waals surface area contributed by atoms with Crippen molar-refractivity contribution in [2.24, 2.45) is 0 Å². The second-order valence-corrected chi connectivity index (χ2v) is 6.27. The fourth-order valence-electron chi connectivity index (χ4n) is 2.98. The quantitative estimate of drug-likeness (QED) is 0.435. The zero-order valence-electron chi connectivity index (χ0n) is 15.0. The molecule has 9 heteroatoms. The van der Waals surface area contributed by atoms with Crippen molar-refractivity contribution < 1.29 is 9.18 Å². The van der Waals surface area contributed by atoms with Crippen LogP contribution in [0.3, 0.4) is 0 Å². The average molecular weight is 375 g/mol. The number of benzene rings is 1. The largest absolute Gasteiger partial charge is 0.396 e. The van der Waals surface area contributed by atoms with Gasteiger partial charge in [-0.25, -0.2) is 19.0 Å². The Morgan fingerprint density at radius 2 is 2.07 bits per heavy atom. The van der Waals surface area contributed by atoms with Gasteiger partial charge in [-0.3, -0.25) is 9.36 Å². The van der Waals surface area contributed by atoms with Crippen LogP contribution in [-0.4, -0.2) is 30.1 Å². The minimum atomic E-state index is -0.559. The lowest BCUT2D eigenvalue weighted by molar-refractivity contribution is 0.101. The van der Waals surface area contributed by atoms with Crippen LogP contribution in [0.2, 0.25) is 0 Å². The molecule has 0 saturated carbocycles. The van der Waals surface area contributed by atoms with Crippen molar-refractivity contribution in [3.63, 3.8) is 0 Å². The maximum atomic E-state index is 14.0. The van der Waals surface area contributed by atoms with Crippen LogP contribution in [0.4, 0.5) is 10.1 Å². The van der Waals surface area contributed by atoms with E-state index in [4.69, 9.17) is 11.0 Å². The number of halogens is 1. The molecule has 2 N–H and O–H groups in total. The van der Waals surface area contributed by atoms with Crippen molar-refractivity contribution in [1.29, 1.82) is 5.26 Å². The van der Waals surface area contributed by atoms with E-state index >= 15 is 0 Å². The minimum absolute atomic E-state index is 0.00882. The summed E-state index contributed by atoms with van der Waals surface area (Å²) in [5.74, 6) is -0.0602. The van der Waals surface area contributed by atoms with Crippen LogP contribution in [0.25, 0.3) is 22.7 Å². The fourth-order valence-corrected chi connectivity index (χ4v) is 2.98. The average Bonchev–Trinajstić information content (AvgIpc) is 3.24. The van der Waals surface area contributed by atoms with Crippen LogP contribution in [0.15, 0.2) is 36.7 Å². The summed E-state index contributed by atoms with van der Waals surface area (Å²) in [6.07, 6.45) is 1.50. The summed E-state index contributed by atoms with van der Waals surface area (Å²) in [6.45, 7) is 3.19. The van der Waals surface area contributed by atoms with Gasteiger partial charge in [0.25, 0.3) is 0 Å². The number of aryl methyl sites for hydroxylation is 1. The van der Waals surface area contributed by atoms with Gasteiger partial charge in [0.2, 0.25) is 0 Å². The Labute approximate surface area is 158 Å². The van der Waals surface area contributed by atoms with Gasteiger partial charge in [0.05, 0.1) is 22.3 Å². The Kier molecular flexibility index (Phi) is 3.89. The van der Waals surface area contributed by atoms with Gasteiger partial charge in [-0.1, -0.05) is 0 Å². The number of fused-ring (bicyclic) bond motifs is 1. The summed E-state index contributed by atoms with van der Waals surface area (Å²) < 4.78 is 17.0. The molecular formula is C19H14FN7O. The zero-order chi connectivity index (χ0) is 20.0. The van der Waals surface area contributed by atoms with Gasteiger partial charge in [0.1, 0.15) is 24.0 Å². The number of carbonyl (C=O) groups excluding carboxylic acids is 1. The van der Waals surface area contributed by atoms with Crippen molar-refractivity contribution in [3.05, 3.63) is 59.4 Å². The van der Waals surface area contributed by atoms with E-state index in [2.05, 4.69) is 15.1 Å². The highest BCUT2D eigenvalue weighted by Gasteiger charge is 2.17. The highest BCUT2D eigenvalue weighted by Crippen LogP contribution is 2.24. The van der Waals surface area contributed by atoms with Gasteiger partial charge < -0.3 is 5.73 Å². The molecule has 1 aromatic carbocycles. The Balaban J connectivity index is 1.96. The van der Waals surface area contributed by atoms with Crippen molar-refractivity contribution in [2.75, 3.05) is 5.73 Å². The molecule has 0 bridgehead atoms. The Bertz CT molecular complexity index is 1300. The lowest BCUT2D eigenvalue weighted by Gasteiger charge is -2.11. The summed E-state index contributed by atoms with van der Waals surface area (Å²) in [7, 11) is 0. The molecule has 8 nitrogen and oxygen atoms in total. The Hall–Kier alpha value is -4.06. The molecule has 0 spiro atoms. The number of nitrogen functional groups attached to an aromatic ring is 1. The highest BCUT2D eigenvalue weighted by atomic mass is 19.1. The van der Waals surface area contributed by atoms with E-state index in [1.807, 2.05) is 6.07 Å². The smallest absolute Gasteiger partial charge is 0.166 e. The molecule has 0 aliphatic rings. The van der Waals surface area contributed by atoms with E-state index in [9.17, 15) is 9.18 Å². The van der Waals surface area contributed by atoms with Gasteiger partial charge in [0, 0.05) is 11.8 Å². The molecule has 138 valence electrons. The van der Waals surface area contributed by atoms with Gasteiger partial charge in [-0.05, 0) is 38.1 Å². The van der Waals surface area contributed by atoms with Crippen LogP contribution in [0.5, 0.6) is 0 Å². The molecule has 4 aromatic rings. The van der Waals surface area contributed by atoms with E-state index in [1.54, 1.807) is 29.7 Å². The second kappa shape index (κ2) is 6.28. The molecule has 0 fully saturated rings. The summed E-state index contributed by atoms with van der Waals surface area (Å²) in [5, 5.41) is 13.3. The molecule has 0 atom stereocenters. The highest BCUT2D eigenvalue weighted by molar-refractivity contribution is 5.97. The lowest BCUT2D eigenvalue weighted by Crippen LogP contribution is -2.11. The predicted molar refractivity (Wildman–Crippen MR) is 99.8 cm³/mol. The second-order valence-electron chi connectivity index (χ2n) is 6.27. The maximum Gasteiger partial charge on any atom is 0.166 e. The first-order valence-electron chi connectivity index (χ1n) is 8.30. The number of Topliss-reactive ketones (excluding diaryl/α,β-unsaturated/α-hetero) is 1. The molecule has 4 rings (SSSR count). The van der Waals surface area contributed by atoms with Crippen LogP contribution < -0.4 is 5.73 Å². The number of anilines is 1. The van der Waals surface area contributed by atoms with E-state index in [-0.39, 0.29) is 23.0 Å². The summed E-state index contributed by atoms with van der Waals surface area (Å²) in [5.41, 5.74) is 7.82. The number of hydrogen-bond donors (Lipinski definition) is 1. The van der Waals surface area contributed by atoms with Crippen LogP contribution in [0.1, 0.15) is 28.7 Å². The monoisotopic (exact) mass is 375 g/mol. The molecular weight excluding hydrogens is 361 g/mol. The van der Waals surface area contributed by atoms with Crippen molar-refractivity contribution in [1.82, 2.24) is 24.3 Å². The third-order valence-electron chi connectivity index (χ3n) is 4.35. The normalized spacial score (nSPS) is 10.9. The number of aromatic nitrogens is 5. The van der Waals surface area contributed by atoms with Gasteiger partial charge in [0.15, 0.2) is 17.3 Å². The van der Waals surface area contributed by atoms with E-state index in [0.29, 0.717) is 28.1 Å². The number of hydrogen-bond acceptors (Lipinski definition) is 6. The van der Waals surface area contributed by atoms with E-state index in [1.165, 1.54) is 30.1 Å². The third kappa shape index (κ3) is 2.68. The van der Waals surface area contributed by atoms with Crippen molar-refractivity contribution in [2.45, 2.75) is 13.8 Å². The van der Waals surface area contributed by atoms with Crippen LogP contribution in [0, 0.1) is 24.1 Å². The molecule has 0 aliphatic carbocycles. The number of imidazole rings is 1. The summed E-state index contributed by atoms with van der Waals surface area (Å²) >= 11 is 0. The first-order chi connectivity index (χ1) is 13.4. The number of pyridine rings is 1. The zero-order valence-corrected chi connectivity index (χ0v) is 15.0.